The summed E-state index contributed by atoms with van der Waals surface area (Å²) in [7, 11) is 0. The number of nitrogens with one attached hydrogen (secondary N) is 1. The number of alkyl halides is 3. The van der Waals surface area contributed by atoms with E-state index in [1.54, 1.807) is 0 Å². The lowest BCUT2D eigenvalue weighted by atomic mass is 9.94. The highest BCUT2D eigenvalue weighted by Gasteiger charge is 2.49. The topological polar surface area (TPSA) is 113 Å². The lowest BCUT2D eigenvalue weighted by molar-refractivity contribution is -0.179. The van der Waals surface area contributed by atoms with Gasteiger partial charge in [-0.05, 0) is 27.2 Å². The number of hydrogen-bond acceptors (Lipinski definition) is 4. The van der Waals surface area contributed by atoms with Gasteiger partial charge in [0.1, 0.15) is 11.6 Å². The Hall–Kier alpha value is -2.00. The van der Waals surface area contributed by atoms with Crippen molar-refractivity contribution in [2.45, 2.75) is 51.4 Å². The molecule has 128 valence electrons. The van der Waals surface area contributed by atoms with Gasteiger partial charge in [0, 0.05) is 6.42 Å². The van der Waals surface area contributed by atoms with E-state index in [2.05, 4.69) is 4.74 Å². The van der Waals surface area contributed by atoms with E-state index in [1.165, 1.54) is 26.1 Å². The van der Waals surface area contributed by atoms with Gasteiger partial charge >= 0.3 is 24.2 Å². The van der Waals surface area contributed by atoms with Gasteiger partial charge in [-0.1, -0.05) is 0 Å². The molecule has 0 saturated heterocycles. The minimum Gasteiger partial charge on any atom is -0.481 e. The normalized spacial score (nSPS) is 14.8. The van der Waals surface area contributed by atoms with E-state index in [-0.39, 0.29) is 0 Å². The van der Waals surface area contributed by atoms with Crippen LogP contribution < -0.4 is 5.32 Å². The van der Waals surface area contributed by atoms with Gasteiger partial charge in [0.05, 0.1) is 5.92 Å². The largest absolute Gasteiger partial charge is 0.481 e. The van der Waals surface area contributed by atoms with Crippen molar-refractivity contribution in [3.8, 4) is 0 Å². The predicted molar refractivity (Wildman–Crippen MR) is 67.2 cm³/mol. The third-order valence-corrected chi connectivity index (χ3v) is 2.41. The zero-order valence-electron chi connectivity index (χ0n) is 12.2. The summed E-state index contributed by atoms with van der Waals surface area (Å²) in [6.45, 7) is 4.27. The number of carboxylic acid groups (broad SMARTS) is 2. The molecular weight excluding hydrogens is 311 g/mol. The molecule has 0 saturated carbocycles. The van der Waals surface area contributed by atoms with Crippen LogP contribution in [0.25, 0.3) is 0 Å². The van der Waals surface area contributed by atoms with Gasteiger partial charge in [-0.25, -0.2) is 4.79 Å². The summed E-state index contributed by atoms with van der Waals surface area (Å²) in [4.78, 5) is 32.8. The molecule has 0 aliphatic rings. The Morgan fingerprint density at radius 1 is 1.14 bits per heavy atom. The van der Waals surface area contributed by atoms with E-state index in [0.717, 1.165) is 0 Å². The molecule has 0 fully saturated rings. The average Bonchev–Trinajstić information content (AvgIpc) is 2.22. The van der Waals surface area contributed by atoms with Crippen LogP contribution in [0.2, 0.25) is 0 Å². The van der Waals surface area contributed by atoms with Crippen molar-refractivity contribution >= 4 is 18.0 Å². The maximum atomic E-state index is 13.0. The van der Waals surface area contributed by atoms with E-state index in [4.69, 9.17) is 10.2 Å². The van der Waals surface area contributed by atoms with Crippen LogP contribution in [0, 0.1) is 5.92 Å². The standard InChI is InChI=1S/C12H18F3NO6/c1-11(2,3)22-10(21)16-8(12(13,14)15)6(9(19)20)4-5-7(17)18/h6,8H,4-5H2,1-3H3,(H,16,21)(H,17,18)(H,19,20). The summed E-state index contributed by atoms with van der Waals surface area (Å²) in [5.41, 5.74) is -1.07. The van der Waals surface area contributed by atoms with Gasteiger partial charge in [-0.3, -0.25) is 9.59 Å². The Balaban J connectivity index is 5.19. The van der Waals surface area contributed by atoms with Crippen LogP contribution in [0.1, 0.15) is 33.6 Å². The third-order valence-electron chi connectivity index (χ3n) is 2.41. The average molecular weight is 329 g/mol. The zero-order valence-corrected chi connectivity index (χ0v) is 12.2. The monoisotopic (exact) mass is 329 g/mol. The SMILES string of the molecule is CC(C)(C)OC(=O)NC(C(CCC(=O)O)C(=O)O)C(F)(F)F. The number of carbonyl (C=O) groups is 3. The number of halogens is 3. The predicted octanol–water partition coefficient (Wildman–Crippen LogP) is 2.01. The molecule has 10 heteroatoms. The molecule has 0 aromatic rings. The number of ether oxygens (including phenoxy) is 1. The molecule has 0 spiro atoms. The first kappa shape index (κ1) is 20.0. The molecule has 0 aliphatic carbocycles. The molecule has 3 N–H and O–H groups in total. The van der Waals surface area contributed by atoms with Gasteiger partial charge in [-0.2, -0.15) is 13.2 Å². The zero-order chi connectivity index (χ0) is 17.7. The van der Waals surface area contributed by atoms with Gasteiger partial charge in [-0.15, -0.1) is 0 Å². The van der Waals surface area contributed by atoms with Crippen LogP contribution in [0.5, 0.6) is 0 Å². The van der Waals surface area contributed by atoms with Crippen molar-refractivity contribution in [3.63, 3.8) is 0 Å². The molecule has 0 bridgehead atoms. The van der Waals surface area contributed by atoms with E-state index >= 15 is 0 Å². The lowest BCUT2D eigenvalue weighted by Gasteiger charge is -2.28. The van der Waals surface area contributed by atoms with E-state index in [9.17, 15) is 27.6 Å². The molecule has 2 unspecified atom stereocenters. The molecular formula is C12H18F3NO6. The number of rotatable bonds is 6. The van der Waals surface area contributed by atoms with Crippen molar-refractivity contribution in [3.05, 3.63) is 0 Å². The molecule has 7 nitrogen and oxygen atoms in total. The Labute approximate surface area is 124 Å². The second kappa shape index (κ2) is 7.32. The van der Waals surface area contributed by atoms with Gasteiger partial charge in [0.15, 0.2) is 0 Å². The fraction of sp³-hybridized carbons (Fsp3) is 0.750. The highest BCUT2D eigenvalue weighted by Crippen LogP contribution is 2.29. The lowest BCUT2D eigenvalue weighted by Crippen LogP contribution is -2.53. The molecule has 22 heavy (non-hydrogen) atoms. The van der Waals surface area contributed by atoms with Gasteiger partial charge in [0.25, 0.3) is 0 Å². The van der Waals surface area contributed by atoms with Crippen LogP contribution in [-0.4, -0.2) is 46.1 Å². The summed E-state index contributed by atoms with van der Waals surface area (Å²) in [6, 6.07) is -2.75. The summed E-state index contributed by atoms with van der Waals surface area (Å²) in [5, 5.41) is 18.8. The summed E-state index contributed by atoms with van der Waals surface area (Å²) >= 11 is 0. The fourth-order valence-electron chi connectivity index (χ4n) is 1.56. The summed E-state index contributed by atoms with van der Waals surface area (Å²) < 4.78 is 43.6. The first-order valence-corrected chi connectivity index (χ1v) is 6.25. The minimum atomic E-state index is -5.07. The molecule has 0 radical (unpaired) electrons. The van der Waals surface area contributed by atoms with Crippen molar-refractivity contribution in [2.75, 3.05) is 0 Å². The van der Waals surface area contributed by atoms with Crippen molar-refractivity contribution < 1.29 is 42.5 Å². The van der Waals surface area contributed by atoms with Gasteiger partial charge in [0.2, 0.25) is 0 Å². The minimum absolute atomic E-state index is 0.778. The quantitative estimate of drug-likeness (QED) is 0.687. The number of hydrogen-bond donors (Lipinski definition) is 3. The van der Waals surface area contributed by atoms with Crippen LogP contribution in [-0.2, 0) is 14.3 Å². The highest BCUT2D eigenvalue weighted by molar-refractivity contribution is 5.75. The molecule has 0 aromatic heterocycles. The first-order chi connectivity index (χ1) is 9.74. The Bertz CT molecular complexity index is 430. The van der Waals surface area contributed by atoms with Crippen molar-refractivity contribution in [1.82, 2.24) is 5.32 Å². The van der Waals surface area contributed by atoms with E-state index in [0.29, 0.717) is 0 Å². The van der Waals surface area contributed by atoms with Crippen molar-refractivity contribution in [1.29, 1.82) is 0 Å². The van der Waals surface area contributed by atoms with Crippen LogP contribution >= 0.6 is 0 Å². The molecule has 0 aromatic carbocycles. The Morgan fingerprint density at radius 3 is 1.95 bits per heavy atom. The number of alkyl carbamates (subject to hydrolysis) is 1. The Kier molecular flexibility index (Phi) is 6.65. The van der Waals surface area contributed by atoms with Crippen LogP contribution in [0.4, 0.5) is 18.0 Å². The summed E-state index contributed by atoms with van der Waals surface area (Å²) in [6.07, 6.45) is -8.07. The van der Waals surface area contributed by atoms with E-state index in [1.807, 2.05) is 0 Å². The van der Waals surface area contributed by atoms with Crippen LogP contribution in [0.15, 0.2) is 0 Å². The van der Waals surface area contributed by atoms with E-state index < -0.39 is 54.6 Å². The smallest absolute Gasteiger partial charge is 0.409 e. The maximum Gasteiger partial charge on any atom is 0.409 e. The number of carboxylic acids is 2. The van der Waals surface area contributed by atoms with Gasteiger partial charge < -0.3 is 20.3 Å². The molecule has 0 rings (SSSR count). The third kappa shape index (κ3) is 7.70. The summed E-state index contributed by atoms with van der Waals surface area (Å²) in [5.74, 6) is -5.44. The molecule has 1 amide bonds. The molecule has 2 atom stereocenters. The first-order valence-electron chi connectivity index (χ1n) is 6.25. The molecule has 0 heterocycles. The number of aliphatic carboxylic acids is 2. The second-order valence-corrected chi connectivity index (χ2v) is 5.54. The maximum absolute atomic E-state index is 13.0. The number of carbonyl (C=O) groups excluding carboxylic acids is 1. The van der Waals surface area contributed by atoms with Crippen molar-refractivity contribution in [2.24, 2.45) is 5.92 Å². The second-order valence-electron chi connectivity index (χ2n) is 5.54. The molecule has 0 aliphatic heterocycles. The number of amides is 1. The fourth-order valence-corrected chi connectivity index (χ4v) is 1.56. The van der Waals surface area contributed by atoms with Crippen LogP contribution in [0.3, 0.4) is 0 Å². The highest BCUT2D eigenvalue weighted by atomic mass is 19.4. The Morgan fingerprint density at radius 2 is 1.64 bits per heavy atom.